The summed E-state index contributed by atoms with van der Waals surface area (Å²) in [7, 11) is 0. The molecule has 27 heavy (non-hydrogen) atoms. The highest BCUT2D eigenvalue weighted by Crippen LogP contribution is 2.30. The molecule has 0 heterocycles. The Morgan fingerprint density at radius 1 is 0.815 bits per heavy atom. The molecule has 0 atom stereocenters. The highest BCUT2D eigenvalue weighted by atomic mass is 16.6. The van der Waals surface area contributed by atoms with E-state index in [-0.39, 0.29) is 11.9 Å². The molecule has 5 nitrogen and oxygen atoms in total. The Labute approximate surface area is 163 Å². The quantitative estimate of drug-likeness (QED) is 0.282. The minimum absolute atomic E-state index is 0.294. The number of carbonyl (C=O) groups is 2. The lowest BCUT2D eigenvalue weighted by atomic mass is 10.1. The standard InChI is InChI=1S/C22H35NO4/c1-3-5-7-9-11-21(24)26-19-14-13-18(15-16-23)17-20(19)27-22(25)12-10-8-6-4-2/h13-14,17H,3-12,15-16,23H2,1-2H3. The fourth-order valence-corrected chi connectivity index (χ4v) is 2.78. The number of benzene rings is 1. The van der Waals surface area contributed by atoms with Crippen molar-refractivity contribution in [1.29, 1.82) is 0 Å². The van der Waals surface area contributed by atoms with Crippen LogP contribution in [0.25, 0.3) is 0 Å². The van der Waals surface area contributed by atoms with Gasteiger partial charge in [0.05, 0.1) is 0 Å². The first-order valence-electron chi connectivity index (χ1n) is 10.3. The summed E-state index contributed by atoms with van der Waals surface area (Å²) < 4.78 is 11.0. The molecule has 0 aliphatic heterocycles. The van der Waals surface area contributed by atoms with Gasteiger partial charge in [-0.2, -0.15) is 0 Å². The third kappa shape index (κ3) is 10.1. The number of hydrogen-bond acceptors (Lipinski definition) is 5. The fraction of sp³-hybridized carbons (Fsp3) is 0.636. The monoisotopic (exact) mass is 377 g/mol. The zero-order valence-electron chi connectivity index (χ0n) is 16.9. The molecule has 0 aliphatic carbocycles. The summed E-state index contributed by atoms with van der Waals surface area (Å²) in [5.74, 6) is 0.0238. The normalized spacial score (nSPS) is 10.6. The number of hydrogen-bond donors (Lipinski definition) is 1. The van der Waals surface area contributed by atoms with Gasteiger partial charge in [-0.05, 0) is 43.5 Å². The second kappa shape index (κ2) is 14.2. The van der Waals surface area contributed by atoms with Crippen LogP contribution >= 0.6 is 0 Å². The van der Waals surface area contributed by atoms with E-state index >= 15 is 0 Å². The summed E-state index contributed by atoms with van der Waals surface area (Å²) in [5, 5.41) is 0. The third-order valence-corrected chi connectivity index (χ3v) is 4.36. The first kappa shape index (κ1) is 23.2. The molecule has 0 fully saturated rings. The number of ether oxygens (including phenoxy) is 2. The van der Waals surface area contributed by atoms with Crippen molar-refractivity contribution in [2.75, 3.05) is 6.54 Å². The molecule has 5 heteroatoms. The molecule has 1 rings (SSSR count). The Kier molecular flexibility index (Phi) is 12.2. The maximum Gasteiger partial charge on any atom is 0.311 e. The van der Waals surface area contributed by atoms with E-state index < -0.39 is 0 Å². The van der Waals surface area contributed by atoms with Crippen LogP contribution in [-0.4, -0.2) is 18.5 Å². The Hall–Kier alpha value is -1.88. The van der Waals surface area contributed by atoms with E-state index in [9.17, 15) is 9.59 Å². The SMILES string of the molecule is CCCCCCC(=O)Oc1ccc(CCN)cc1OC(=O)CCCCCC. The molecular weight excluding hydrogens is 342 g/mol. The number of unbranched alkanes of at least 4 members (excludes halogenated alkanes) is 6. The van der Waals surface area contributed by atoms with Crippen molar-refractivity contribution in [2.24, 2.45) is 5.73 Å². The van der Waals surface area contributed by atoms with Crippen LogP contribution in [0.5, 0.6) is 11.5 Å². The molecule has 0 bridgehead atoms. The average molecular weight is 378 g/mol. The van der Waals surface area contributed by atoms with Crippen LogP contribution in [0, 0.1) is 0 Å². The van der Waals surface area contributed by atoms with Crippen LogP contribution in [0.15, 0.2) is 18.2 Å². The van der Waals surface area contributed by atoms with Gasteiger partial charge in [0.2, 0.25) is 0 Å². The van der Waals surface area contributed by atoms with Gasteiger partial charge >= 0.3 is 11.9 Å². The van der Waals surface area contributed by atoms with Crippen molar-refractivity contribution in [3.05, 3.63) is 23.8 Å². The van der Waals surface area contributed by atoms with E-state index in [0.29, 0.717) is 37.3 Å². The second-order valence-electron chi connectivity index (χ2n) is 6.89. The maximum atomic E-state index is 12.1. The van der Waals surface area contributed by atoms with Crippen LogP contribution in [0.4, 0.5) is 0 Å². The largest absolute Gasteiger partial charge is 0.423 e. The van der Waals surface area contributed by atoms with Gasteiger partial charge in [-0.15, -0.1) is 0 Å². The Morgan fingerprint density at radius 3 is 1.89 bits per heavy atom. The van der Waals surface area contributed by atoms with E-state index in [4.69, 9.17) is 15.2 Å². The average Bonchev–Trinajstić information content (AvgIpc) is 2.65. The fourth-order valence-electron chi connectivity index (χ4n) is 2.78. The molecule has 0 saturated heterocycles. The van der Waals surface area contributed by atoms with Gasteiger partial charge in [0.25, 0.3) is 0 Å². The first-order valence-corrected chi connectivity index (χ1v) is 10.3. The van der Waals surface area contributed by atoms with Crippen molar-refractivity contribution in [3.63, 3.8) is 0 Å². The van der Waals surface area contributed by atoms with Crippen LogP contribution < -0.4 is 15.2 Å². The van der Waals surface area contributed by atoms with Gasteiger partial charge in [-0.3, -0.25) is 9.59 Å². The minimum atomic E-state index is -0.295. The molecular formula is C22H35NO4. The molecule has 0 saturated carbocycles. The summed E-state index contributed by atoms with van der Waals surface area (Å²) in [4.78, 5) is 24.2. The highest BCUT2D eigenvalue weighted by Gasteiger charge is 2.14. The second-order valence-corrected chi connectivity index (χ2v) is 6.89. The summed E-state index contributed by atoms with van der Waals surface area (Å²) >= 11 is 0. The van der Waals surface area contributed by atoms with E-state index in [1.165, 1.54) is 0 Å². The van der Waals surface area contributed by atoms with Crippen molar-refractivity contribution in [3.8, 4) is 11.5 Å². The van der Waals surface area contributed by atoms with Crippen LogP contribution in [0.1, 0.15) is 83.6 Å². The smallest absolute Gasteiger partial charge is 0.311 e. The minimum Gasteiger partial charge on any atom is -0.423 e. The lowest BCUT2D eigenvalue weighted by molar-refractivity contribution is -0.137. The predicted octanol–water partition coefficient (Wildman–Crippen LogP) is 4.94. The number of esters is 2. The molecule has 2 N–H and O–H groups in total. The summed E-state index contributed by atoms with van der Waals surface area (Å²) in [5.41, 5.74) is 6.56. The summed E-state index contributed by atoms with van der Waals surface area (Å²) in [6.07, 6.45) is 9.52. The van der Waals surface area contributed by atoms with Crippen molar-refractivity contribution < 1.29 is 19.1 Å². The van der Waals surface area contributed by atoms with Gasteiger partial charge in [0.15, 0.2) is 11.5 Å². The lowest BCUT2D eigenvalue weighted by Gasteiger charge is -2.12. The molecule has 0 aliphatic rings. The van der Waals surface area contributed by atoms with Crippen LogP contribution in [-0.2, 0) is 16.0 Å². The van der Waals surface area contributed by atoms with E-state index in [1.54, 1.807) is 12.1 Å². The molecule has 152 valence electrons. The van der Waals surface area contributed by atoms with E-state index in [0.717, 1.165) is 56.9 Å². The van der Waals surface area contributed by atoms with Gasteiger partial charge in [0, 0.05) is 12.8 Å². The van der Waals surface area contributed by atoms with Gasteiger partial charge in [-0.1, -0.05) is 58.4 Å². The number of nitrogens with two attached hydrogens (primary N) is 1. The number of carbonyl (C=O) groups excluding carboxylic acids is 2. The van der Waals surface area contributed by atoms with Crippen molar-refractivity contribution in [1.82, 2.24) is 0 Å². The molecule has 0 aromatic heterocycles. The van der Waals surface area contributed by atoms with E-state index in [2.05, 4.69) is 13.8 Å². The van der Waals surface area contributed by atoms with Crippen molar-refractivity contribution in [2.45, 2.75) is 84.5 Å². The van der Waals surface area contributed by atoms with Crippen LogP contribution in [0.3, 0.4) is 0 Å². The Balaban J connectivity index is 2.69. The highest BCUT2D eigenvalue weighted by molar-refractivity contribution is 5.76. The van der Waals surface area contributed by atoms with Gasteiger partial charge in [0.1, 0.15) is 0 Å². The molecule has 1 aromatic carbocycles. The summed E-state index contributed by atoms with van der Waals surface area (Å²) in [6.45, 7) is 4.76. The van der Waals surface area contributed by atoms with Crippen molar-refractivity contribution >= 4 is 11.9 Å². The predicted molar refractivity (Wildman–Crippen MR) is 108 cm³/mol. The summed E-state index contributed by atoms with van der Waals surface area (Å²) in [6, 6.07) is 5.29. The zero-order chi connectivity index (χ0) is 19.9. The maximum absolute atomic E-state index is 12.1. The lowest BCUT2D eigenvalue weighted by Crippen LogP contribution is -2.12. The first-order chi connectivity index (χ1) is 13.1. The number of rotatable bonds is 14. The topological polar surface area (TPSA) is 78.6 Å². The van der Waals surface area contributed by atoms with E-state index in [1.807, 2.05) is 6.07 Å². The third-order valence-electron chi connectivity index (χ3n) is 4.36. The van der Waals surface area contributed by atoms with Crippen LogP contribution in [0.2, 0.25) is 0 Å². The van der Waals surface area contributed by atoms with Gasteiger partial charge in [-0.25, -0.2) is 0 Å². The zero-order valence-corrected chi connectivity index (χ0v) is 16.9. The molecule has 0 amide bonds. The Morgan fingerprint density at radius 2 is 1.37 bits per heavy atom. The molecule has 0 unspecified atom stereocenters. The van der Waals surface area contributed by atoms with Gasteiger partial charge < -0.3 is 15.2 Å². The Bertz CT molecular complexity index is 571. The molecule has 0 radical (unpaired) electrons. The molecule has 1 aromatic rings. The molecule has 0 spiro atoms.